The van der Waals surface area contributed by atoms with E-state index >= 15 is 0 Å². The highest BCUT2D eigenvalue weighted by atomic mass is 15.2. The Kier molecular flexibility index (Phi) is 5.26. The van der Waals surface area contributed by atoms with Gasteiger partial charge in [0.2, 0.25) is 0 Å². The van der Waals surface area contributed by atoms with Crippen LogP contribution in [0.4, 0.5) is 5.82 Å². The van der Waals surface area contributed by atoms with E-state index in [1.54, 1.807) is 0 Å². The van der Waals surface area contributed by atoms with Crippen LogP contribution in [0, 0.1) is 11.3 Å². The molecule has 0 aromatic carbocycles. The van der Waals surface area contributed by atoms with Gasteiger partial charge in [0.1, 0.15) is 5.82 Å². The van der Waals surface area contributed by atoms with E-state index in [9.17, 15) is 0 Å². The third-order valence-corrected chi connectivity index (χ3v) is 4.82. The highest BCUT2D eigenvalue weighted by Crippen LogP contribution is 2.35. The Bertz CT molecular complexity index is 425. The van der Waals surface area contributed by atoms with Gasteiger partial charge in [-0.1, -0.05) is 33.8 Å². The van der Waals surface area contributed by atoms with Crippen molar-refractivity contribution in [1.29, 1.82) is 0 Å². The lowest BCUT2D eigenvalue weighted by Gasteiger charge is -2.39. The third kappa shape index (κ3) is 4.19. The maximum Gasteiger partial charge on any atom is 0.128 e. The van der Waals surface area contributed by atoms with Crippen molar-refractivity contribution in [2.24, 2.45) is 11.3 Å². The van der Waals surface area contributed by atoms with Gasteiger partial charge in [0.05, 0.1) is 0 Å². The quantitative estimate of drug-likeness (QED) is 0.907. The van der Waals surface area contributed by atoms with Crippen LogP contribution >= 0.6 is 0 Å². The van der Waals surface area contributed by atoms with Crippen LogP contribution in [0.1, 0.15) is 59.1 Å². The monoisotopic (exact) mass is 289 g/mol. The van der Waals surface area contributed by atoms with Gasteiger partial charge in [0.15, 0.2) is 0 Å². The first-order valence-corrected chi connectivity index (χ1v) is 8.36. The van der Waals surface area contributed by atoms with Crippen molar-refractivity contribution in [3.05, 3.63) is 23.9 Å². The van der Waals surface area contributed by atoms with E-state index in [4.69, 9.17) is 0 Å². The van der Waals surface area contributed by atoms with E-state index in [-0.39, 0.29) is 0 Å². The number of rotatable bonds is 4. The molecule has 3 nitrogen and oxygen atoms in total. The van der Waals surface area contributed by atoms with Gasteiger partial charge in [-0.25, -0.2) is 4.98 Å². The van der Waals surface area contributed by atoms with Gasteiger partial charge in [0.25, 0.3) is 0 Å². The van der Waals surface area contributed by atoms with Gasteiger partial charge in [-0.05, 0) is 49.3 Å². The van der Waals surface area contributed by atoms with Gasteiger partial charge in [-0.15, -0.1) is 0 Å². The Morgan fingerprint density at radius 3 is 2.43 bits per heavy atom. The number of anilines is 1. The van der Waals surface area contributed by atoms with Crippen molar-refractivity contribution < 1.29 is 0 Å². The fraction of sp³-hybridized carbons (Fsp3) is 0.722. The van der Waals surface area contributed by atoms with Crippen molar-refractivity contribution in [2.75, 3.05) is 24.5 Å². The van der Waals surface area contributed by atoms with E-state index in [0.717, 1.165) is 31.4 Å². The Balaban J connectivity index is 1.95. The minimum absolute atomic E-state index is 0.378. The summed E-state index contributed by atoms with van der Waals surface area (Å²) in [7, 11) is 0. The first kappa shape index (κ1) is 16.3. The molecule has 0 aliphatic carbocycles. The van der Waals surface area contributed by atoms with Crippen molar-refractivity contribution >= 4 is 5.82 Å². The molecule has 1 aliphatic rings. The number of hydrogen-bond acceptors (Lipinski definition) is 3. The third-order valence-electron chi connectivity index (χ3n) is 4.82. The van der Waals surface area contributed by atoms with Crippen LogP contribution in [0.2, 0.25) is 0 Å². The number of piperidine rings is 1. The molecule has 0 bridgehead atoms. The van der Waals surface area contributed by atoms with Crippen molar-refractivity contribution in [2.45, 2.75) is 53.5 Å². The lowest BCUT2D eigenvalue weighted by molar-refractivity contribution is 0.198. The molecule has 118 valence electrons. The molecule has 0 spiro atoms. The largest absolute Gasteiger partial charge is 0.357 e. The van der Waals surface area contributed by atoms with Crippen LogP contribution < -0.4 is 10.2 Å². The molecule has 0 saturated carbocycles. The maximum absolute atomic E-state index is 4.68. The Hall–Kier alpha value is -1.09. The van der Waals surface area contributed by atoms with Gasteiger partial charge >= 0.3 is 0 Å². The van der Waals surface area contributed by atoms with E-state index in [1.807, 2.05) is 6.20 Å². The predicted molar refractivity (Wildman–Crippen MR) is 90.7 cm³/mol. The smallest absolute Gasteiger partial charge is 0.128 e. The van der Waals surface area contributed by atoms with Crippen LogP contribution in [0.25, 0.3) is 0 Å². The van der Waals surface area contributed by atoms with Crippen molar-refractivity contribution in [1.82, 2.24) is 10.3 Å². The molecular formula is C18H31N3. The Labute approximate surface area is 130 Å². The molecule has 1 fully saturated rings. The summed E-state index contributed by atoms with van der Waals surface area (Å²) >= 11 is 0. The number of pyridine rings is 1. The number of nitrogens with one attached hydrogen (secondary N) is 1. The second-order valence-electron chi connectivity index (χ2n) is 7.36. The average Bonchev–Trinajstić information content (AvgIpc) is 2.47. The zero-order chi connectivity index (χ0) is 15.5. The van der Waals surface area contributed by atoms with E-state index in [1.165, 1.54) is 18.4 Å². The SMILES string of the molecule is CCNC(C)c1ccc(N2CCC(C(C)(C)C)CC2)nc1. The molecule has 1 saturated heterocycles. The molecule has 1 aromatic heterocycles. The molecule has 0 radical (unpaired) electrons. The lowest BCUT2D eigenvalue weighted by Crippen LogP contribution is -2.38. The van der Waals surface area contributed by atoms with Crippen molar-refractivity contribution in [3.8, 4) is 0 Å². The van der Waals surface area contributed by atoms with Crippen LogP contribution in [0.5, 0.6) is 0 Å². The van der Waals surface area contributed by atoms with Crippen LogP contribution in [0.15, 0.2) is 18.3 Å². The average molecular weight is 289 g/mol. The van der Waals surface area contributed by atoms with Gasteiger partial charge in [-0.3, -0.25) is 0 Å². The Morgan fingerprint density at radius 1 is 1.29 bits per heavy atom. The molecule has 3 heteroatoms. The minimum Gasteiger partial charge on any atom is -0.357 e. The van der Waals surface area contributed by atoms with Crippen LogP contribution in [-0.4, -0.2) is 24.6 Å². The van der Waals surface area contributed by atoms with Crippen LogP contribution in [0.3, 0.4) is 0 Å². The van der Waals surface area contributed by atoms with E-state index in [0.29, 0.717) is 11.5 Å². The lowest BCUT2D eigenvalue weighted by atomic mass is 9.75. The second kappa shape index (κ2) is 6.78. The first-order chi connectivity index (χ1) is 9.91. The summed E-state index contributed by atoms with van der Waals surface area (Å²) in [5.41, 5.74) is 1.70. The molecule has 21 heavy (non-hydrogen) atoms. The highest BCUT2D eigenvalue weighted by molar-refractivity contribution is 5.40. The number of aromatic nitrogens is 1. The van der Waals surface area contributed by atoms with Crippen LogP contribution in [-0.2, 0) is 0 Å². The Morgan fingerprint density at radius 2 is 1.95 bits per heavy atom. The summed E-state index contributed by atoms with van der Waals surface area (Å²) in [5.74, 6) is 1.97. The van der Waals surface area contributed by atoms with Gasteiger partial charge in [0, 0.05) is 25.3 Å². The standard InChI is InChI=1S/C18H31N3/c1-6-19-14(2)15-7-8-17(20-13-15)21-11-9-16(10-12-21)18(3,4)5/h7-8,13-14,16,19H,6,9-12H2,1-5H3. The summed E-state index contributed by atoms with van der Waals surface area (Å²) in [6.45, 7) is 14.7. The van der Waals surface area contributed by atoms with E-state index < -0.39 is 0 Å². The molecule has 1 unspecified atom stereocenters. The zero-order valence-electron chi connectivity index (χ0n) is 14.3. The fourth-order valence-electron chi connectivity index (χ4n) is 3.24. The number of nitrogens with zero attached hydrogens (tertiary/aromatic N) is 2. The molecule has 2 rings (SSSR count). The fourth-order valence-corrected chi connectivity index (χ4v) is 3.24. The summed E-state index contributed by atoms with van der Waals surface area (Å²) in [4.78, 5) is 7.11. The maximum atomic E-state index is 4.68. The molecule has 1 atom stereocenters. The zero-order valence-corrected chi connectivity index (χ0v) is 14.3. The van der Waals surface area contributed by atoms with Crippen molar-refractivity contribution in [3.63, 3.8) is 0 Å². The summed E-state index contributed by atoms with van der Waals surface area (Å²) < 4.78 is 0. The molecular weight excluding hydrogens is 258 g/mol. The summed E-state index contributed by atoms with van der Waals surface area (Å²) in [6.07, 6.45) is 4.58. The second-order valence-corrected chi connectivity index (χ2v) is 7.36. The first-order valence-electron chi connectivity index (χ1n) is 8.36. The summed E-state index contributed by atoms with van der Waals surface area (Å²) in [5, 5.41) is 3.43. The minimum atomic E-state index is 0.378. The highest BCUT2D eigenvalue weighted by Gasteiger charge is 2.29. The molecule has 1 aromatic rings. The molecule has 0 amide bonds. The van der Waals surface area contributed by atoms with Gasteiger partial charge < -0.3 is 10.2 Å². The normalized spacial score (nSPS) is 18.8. The molecule has 1 aliphatic heterocycles. The molecule has 1 N–H and O–H groups in total. The van der Waals surface area contributed by atoms with E-state index in [2.05, 4.69) is 62.0 Å². The summed E-state index contributed by atoms with van der Waals surface area (Å²) in [6, 6.07) is 4.77. The van der Waals surface area contributed by atoms with Gasteiger partial charge in [-0.2, -0.15) is 0 Å². The predicted octanol–water partition coefficient (Wildman–Crippen LogP) is 4.01. The topological polar surface area (TPSA) is 28.2 Å². The number of hydrogen-bond donors (Lipinski definition) is 1. The molecule has 2 heterocycles.